The van der Waals surface area contributed by atoms with Gasteiger partial charge in [-0.1, -0.05) is 6.08 Å². The second-order valence-electron chi connectivity index (χ2n) is 2.60. The van der Waals surface area contributed by atoms with Crippen LogP contribution in [0.25, 0.3) is 0 Å². The Morgan fingerprint density at radius 2 is 2.45 bits per heavy atom. The molecule has 64 valence electrons. The average Bonchev–Trinajstić information content (AvgIpc) is 1.87. The lowest BCUT2D eigenvalue weighted by atomic mass is 10.2. The molecule has 0 aromatic carbocycles. The fourth-order valence-electron chi connectivity index (χ4n) is 0.775. The molecule has 0 saturated heterocycles. The number of hydrogen-bond acceptors (Lipinski definition) is 2. The Labute approximate surface area is 67.7 Å². The highest BCUT2D eigenvalue weighted by molar-refractivity contribution is 5.73. The van der Waals surface area contributed by atoms with Crippen LogP contribution in [0, 0.1) is 0 Å². The smallest absolute Gasteiger partial charge is 0.218 e. The van der Waals surface area contributed by atoms with Gasteiger partial charge in [0.2, 0.25) is 5.91 Å². The summed E-state index contributed by atoms with van der Waals surface area (Å²) in [5, 5.41) is 3.14. The van der Waals surface area contributed by atoms with Gasteiger partial charge in [0, 0.05) is 19.0 Å². The zero-order valence-corrected chi connectivity index (χ0v) is 6.97. The third kappa shape index (κ3) is 7.06. The van der Waals surface area contributed by atoms with Gasteiger partial charge >= 0.3 is 0 Å². The van der Waals surface area contributed by atoms with Crippen molar-refractivity contribution in [3.05, 3.63) is 12.7 Å². The maximum absolute atomic E-state index is 10.3. The van der Waals surface area contributed by atoms with Crippen molar-refractivity contribution in [2.45, 2.75) is 25.8 Å². The number of nitrogens with two attached hydrogens (primary N) is 1. The first-order valence-electron chi connectivity index (χ1n) is 3.79. The van der Waals surface area contributed by atoms with Gasteiger partial charge in [0.1, 0.15) is 0 Å². The van der Waals surface area contributed by atoms with Crippen LogP contribution in [0.2, 0.25) is 0 Å². The van der Waals surface area contributed by atoms with Gasteiger partial charge in [-0.15, -0.1) is 6.58 Å². The Hall–Kier alpha value is -0.830. The van der Waals surface area contributed by atoms with E-state index in [1.54, 1.807) is 0 Å². The largest absolute Gasteiger partial charge is 0.370 e. The first-order valence-corrected chi connectivity index (χ1v) is 3.79. The molecule has 3 N–H and O–H groups in total. The maximum Gasteiger partial charge on any atom is 0.218 e. The van der Waals surface area contributed by atoms with Crippen LogP contribution in [-0.2, 0) is 4.79 Å². The molecule has 0 saturated carbocycles. The Kier molecular flexibility index (Phi) is 5.47. The van der Waals surface area contributed by atoms with Crippen molar-refractivity contribution < 1.29 is 4.79 Å². The molecule has 0 aliphatic rings. The fourth-order valence-corrected chi connectivity index (χ4v) is 0.775. The summed E-state index contributed by atoms with van der Waals surface area (Å²) in [6.07, 6.45) is 3.17. The van der Waals surface area contributed by atoms with Crippen LogP contribution in [-0.4, -0.2) is 18.5 Å². The van der Waals surface area contributed by atoms with E-state index in [0.717, 1.165) is 6.42 Å². The number of carbonyl (C=O) groups is 1. The molecule has 0 spiro atoms. The van der Waals surface area contributed by atoms with Crippen molar-refractivity contribution in [3.63, 3.8) is 0 Å². The predicted molar refractivity (Wildman–Crippen MR) is 46.1 cm³/mol. The lowest BCUT2D eigenvalue weighted by Gasteiger charge is -2.09. The minimum Gasteiger partial charge on any atom is -0.370 e. The summed E-state index contributed by atoms with van der Waals surface area (Å²) < 4.78 is 0. The number of amides is 1. The number of primary amides is 1. The van der Waals surface area contributed by atoms with E-state index in [-0.39, 0.29) is 5.91 Å². The summed E-state index contributed by atoms with van der Waals surface area (Å²) in [6.45, 7) is 6.31. The van der Waals surface area contributed by atoms with E-state index in [2.05, 4.69) is 11.9 Å². The molecule has 0 fully saturated rings. The van der Waals surface area contributed by atoms with E-state index < -0.39 is 0 Å². The van der Waals surface area contributed by atoms with Gasteiger partial charge in [-0.2, -0.15) is 0 Å². The Morgan fingerprint density at radius 1 is 1.82 bits per heavy atom. The topological polar surface area (TPSA) is 55.1 Å². The molecule has 0 aliphatic carbocycles. The molecule has 0 aliphatic heterocycles. The molecule has 3 heteroatoms. The molecule has 0 aromatic heterocycles. The molecule has 1 atom stereocenters. The molecule has 0 aromatic rings. The summed E-state index contributed by atoms with van der Waals surface area (Å²) in [5.41, 5.74) is 4.95. The molecule has 3 nitrogen and oxygen atoms in total. The van der Waals surface area contributed by atoms with Crippen molar-refractivity contribution in [1.82, 2.24) is 5.32 Å². The van der Waals surface area contributed by atoms with E-state index in [1.165, 1.54) is 0 Å². The standard InChI is InChI=1S/C8H16N2O/c1-3-4-7(2)10-6-5-8(9)11/h3,7,10H,1,4-6H2,2H3,(H2,9,11). The van der Waals surface area contributed by atoms with E-state index in [4.69, 9.17) is 5.73 Å². The number of hydrogen-bond donors (Lipinski definition) is 2. The van der Waals surface area contributed by atoms with E-state index in [9.17, 15) is 4.79 Å². The molecule has 0 bridgehead atoms. The maximum atomic E-state index is 10.3. The van der Waals surface area contributed by atoms with Crippen molar-refractivity contribution in [1.29, 1.82) is 0 Å². The summed E-state index contributed by atoms with van der Waals surface area (Å²) in [4.78, 5) is 10.3. The van der Waals surface area contributed by atoms with Crippen molar-refractivity contribution in [3.8, 4) is 0 Å². The first-order chi connectivity index (χ1) is 5.16. The van der Waals surface area contributed by atoms with Crippen molar-refractivity contribution >= 4 is 5.91 Å². The van der Waals surface area contributed by atoms with Gasteiger partial charge in [-0.05, 0) is 13.3 Å². The Bertz CT molecular complexity index is 134. The van der Waals surface area contributed by atoms with Crippen LogP contribution < -0.4 is 11.1 Å². The van der Waals surface area contributed by atoms with Gasteiger partial charge in [0.25, 0.3) is 0 Å². The van der Waals surface area contributed by atoms with Crippen LogP contribution in [0.3, 0.4) is 0 Å². The third-order valence-corrected chi connectivity index (χ3v) is 1.38. The summed E-state index contributed by atoms with van der Waals surface area (Å²) in [5.74, 6) is -0.261. The highest BCUT2D eigenvalue weighted by Crippen LogP contribution is 1.89. The van der Waals surface area contributed by atoms with Gasteiger partial charge in [-0.25, -0.2) is 0 Å². The molecule has 0 heterocycles. The minimum absolute atomic E-state index is 0.261. The monoisotopic (exact) mass is 156 g/mol. The fraction of sp³-hybridized carbons (Fsp3) is 0.625. The average molecular weight is 156 g/mol. The highest BCUT2D eigenvalue weighted by Gasteiger charge is 1.98. The third-order valence-electron chi connectivity index (χ3n) is 1.38. The molecule has 1 amide bonds. The van der Waals surface area contributed by atoms with Crippen LogP contribution >= 0.6 is 0 Å². The normalized spacial score (nSPS) is 12.5. The predicted octanol–water partition coefficient (Wildman–Crippen LogP) is 0.416. The SMILES string of the molecule is C=CCC(C)NCCC(N)=O. The van der Waals surface area contributed by atoms with Gasteiger partial charge in [-0.3, -0.25) is 4.79 Å². The molecule has 0 radical (unpaired) electrons. The Morgan fingerprint density at radius 3 is 2.91 bits per heavy atom. The van der Waals surface area contributed by atoms with Crippen LogP contribution in [0.5, 0.6) is 0 Å². The number of nitrogens with one attached hydrogen (secondary N) is 1. The van der Waals surface area contributed by atoms with Crippen molar-refractivity contribution in [2.24, 2.45) is 5.73 Å². The number of carbonyl (C=O) groups excluding carboxylic acids is 1. The van der Waals surface area contributed by atoms with Gasteiger partial charge in [0.15, 0.2) is 0 Å². The highest BCUT2D eigenvalue weighted by atomic mass is 16.1. The van der Waals surface area contributed by atoms with Crippen LogP contribution in [0.15, 0.2) is 12.7 Å². The summed E-state index contributed by atoms with van der Waals surface area (Å²) >= 11 is 0. The molecular weight excluding hydrogens is 140 g/mol. The molecular formula is C8H16N2O. The van der Waals surface area contributed by atoms with Crippen LogP contribution in [0.4, 0.5) is 0 Å². The van der Waals surface area contributed by atoms with E-state index >= 15 is 0 Å². The molecule has 11 heavy (non-hydrogen) atoms. The lowest BCUT2D eigenvalue weighted by molar-refractivity contribution is -0.117. The first kappa shape index (κ1) is 10.2. The van der Waals surface area contributed by atoms with Gasteiger partial charge < -0.3 is 11.1 Å². The second kappa shape index (κ2) is 5.92. The van der Waals surface area contributed by atoms with Crippen molar-refractivity contribution in [2.75, 3.05) is 6.54 Å². The summed E-state index contributed by atoms with van der Waals surface area (Å²) in [6, 6.07) is 0.381. The zero-order valence-electron chi connectivity index (χ0n) is 6.97. The number of rotatable bonds is 6. The molecule has 1 unspecified atom stereocenters. The molecule has 0 rings (SSSR count). The lowest BCUT2D eigenvalue weighted by Crippen LogP contribution is -2.29. The van der Waals surface area contributed by atoms with Gasteiger partial charge in [0.05, 0.1) is 0 Å². The van der Waals surface area contributed by atoms with Crippen LogP contribution in [0.1, 0.15) is 19.8 Å². The van der Waals surface area contributed by atoms with E-state index in [0.29, 0.717) is 19.0 Å². The summed E-state index contributed by atoms with van der Waals surface area (Å²) in [7, 11) is 0. The minimum atomic E-state index is -0.261. The Balaban J connectivity index is 3.23. The zero-order chi connectivity index (χ0) is 8.69. The quantitative estimate of drug-likeness (QED) is 0.547. The second-order valence-corrected chi connectivity index (χ2v) is 2.60. The van der Waals surface area contributed by atoms with E-state index in [1.807, 2.05) is 13.0 Å².